The van der Waals surface area contributed by atoms with Crippen LogP contribution in [-0.4, -0.2) is 37.1 Å². The molecule has 1 heterocycles. The van der Waals surface area contributed by atoms with Gasteiger partial charge >= 0.3 is 0 Å². The van der Waals surface area contributed by atoms with Crippen LogP contribution >= 0.6 is 0 Å². The highest BCUT2D eigenvalue weighted by atomic mass is 16.5. The molecule has 0 fully saturated rings. The quantitative estimate of drug-likeness (QED) is 0.681. The number of ether oxygens (including phenoxy) is 1. The first-order chi connectivity index (χ1) is 8.09. The van der Waals surface area contributed by atoms with Crippen molar-refractivity contribution in [2.75, 3.05) is 27.2 Å². The van der Waals surface area contributed by atoms with Gasteiger partial charge in [-0.1, -0.05) is 19.9 Å². The number of pyridine rings is 1. The molecule has 0 aliphatic carbocycles. The van der Waals surface area contributed by atoms with Crippen molar-refractivity contribution >= 4 is 0 Å². The van der Waals surface area contributed by atoms with E-state index in [1.165, 1.54) is 0 Å². The standard InChI is InChI=1S/C14H24N2O/c1-12(2)13-8-7-9-14(15-13)17-11-6-5-10-16(3)4/h7-9,12H,5-6,10-11H2,1-4H3. The van der Waals surface area contributed by atoms with E-state index in [9.17, 15) is 0 Å². The molecule has 0 amide bonds. The molecule has 17 heavy (non-hydrogen) atoms. The Morgan fingerprint density at radius 2 is 2.00 bits per heavy atom. The molecular weight excluding hydrogens is 212 g/mol. The number of rotatable bonds is 7. The van der Waals surface area contributed by atoms with Gasteiger partial charge in [-0.2, -0.15) is 0 Å². The highest BCUT2D eigenvalue weighted by Crippen LogP contribution is 2.15. The molecule has 0 saturated carbocycles. The minimum absolute atomic E-state index is 0.451. The van der Waals surface area contributed by atoms with Crippen LogP contribution in [0.25, 0.3) is 0 Å². The highest BCUT2D eigenvalue weighted by molar-refractivity contribution is 5.17. The van der Waals surface area contributed by atoms with Crippen molar-refractivity contribution < 1.29 is 4.74 Å². The summed E-state index contributed by atoms with van der Waals surface area (Å²) in [5.74, 6) is 1.20. The van der Waals surface area contributed by atoms with Crippen LogP contribution < -0.4 is 4.74 Å². The molecule has 0 aliphatic heterocycles. The molecule has 0 N–H and O–H groups in total. The van der Waals surface area contributed by atoms with Crippen LogP contribution in [-0.2, 0) is 0 Å². The van der Waals surface area contributed by atoms with Gasteiger partial charge in [0.2, 0.25) is 5.88 Å². The molecular formula is C14H24N2O. The predicted octanol–water partition coefficient (Wildman–Crippen LogP) is 2.93. The van der Waals surface area contributed by atoms with E-state index >= 15 is 0 Å². The smallest absolute Gasteiger partial charge is 0.213 e. The molecule has 0 atom stereocenters. The summed E-state index contributed by atoms with van der Waals surface area (Å²) in [4.78, 5) is 6.66. The van der Waals surface area contributed by atoms with Gasteiger partial charge in [0.1, 0.15) is 0 Å². The van der Waals surface area contributed by atoms with Crippen LogP contribution in [0.15, 0.2) is 18.2 Å². The fourth-order valence-electron chi connectivity index (χ4n) is 1.54. The van der Waals surface area contributed by atoms with Crippen molar-refractivity contribution in [2.45, 2.75) is 32.6 Å². The summed E-state index contributed by atoms with van der Waals surface area (Å²) in [7, 11) is 4.18. The maximum absolute atomic E-state index is 5.65. The SMILES string of the molecule is CC(C)c1cccc(OCCCCN(C)C)n1. The summed E-state index contributed by atoms with van der Waals surface area (Å²) in [6.07, 6.45) is 2.24. The van der Waals surface area contributed by atoms with Crippen LogP contribution in [0.4, 0.5) is 0 Å². The molecule has 0 radical (unpaired) electrons. The summed E-state index contributed by atoms with van der Waals surface area (Å²) in [6, 6.07) is 5.99. The third kappa shape index (κ3) is 5.68. The van der Waals surface area contributed by atoms with Gasteiger partial charge in [-0.15, -0.1) is 0 Å². The van der Waals surface area contributed by atoms with Crippen LogP contribution in [0.1, 0.15) is 38.3 Å². The fraction of sp³-hybridized carbons (Fsp3) is 0.643. The molecule has 0 bridgehead atoms. The van der Waals surface area contributed by atoms with Crippen molar-refractivity contribution in [2.24, 2.45) is 0 Å². The van der Waals surface area contributed by atoms with Gasteiger partial charge in [0.15, 0.2) is 0 Å². The molecule has 0 unspecified atom stereocenters. The molecule has 0 saturated heterocycles. The summed E-state index contributed by atoms with van der Waals surface area (Å²) in [5, 5.41) is 0. The van der Waals surface area contributed by atoms with Gasteiger partial charge in [0, 0.05) is 11.8 Å². The zero-order chi connectivity index (χ0) is 12.7. The largest absolute Gasteiger partial charge is 0.478 e. The van der Waals surface area contributed by atoms with Crippen molar-refractivity contribution in [3.05, 3.63) is 23.9 Å². The Labute approximate surface area is 105 Å². The minimum Gasteiger partial charge on any atom is -0.478 e. The molecule has 1 aromatic rings. The molecule has 0 spiro atoms. The Hall–Kier alpha value is -1.09. The van der Waals surface area contributed by atoms with E-state index in [0.717, 1.165) is 37.6 Å². The van der Waals surface area contributed by atoms with Gasteiger partial charge in [-0.3, -0.25) is 0 Å². The highest BCUT2D eigenvalue weighted by Gasteiger charge is 2.02. The second kappa shape index (κ2) is 7.28. The average Bonchev–Trinajstić information content (AvgIpc) is 2.28. The molecule has 3 nitrogen and oxygen atoms in total. The third-order valence-electron chi connectivity index (χ3n) is 2.59. The van der Waals surface area contributed by atoms with E-state index in [-0.39, 0.29) is 0 Å². The summed E-state index contributed by atoms with van der Waals surface area (Å²) in [5.41, 5.74) is 1.09. The van der Waals surface area contributed by atoms with Crippen LogP contribution in [0.2, 0.25) is 0 Å². The Balaban J connectivity index is 2.29. The molecule has 0 aromatic carbocycles. The number of hydrogen-bond donors (Lipinski definition) is 0. The zero-order valence-electron chi connectivity index (χ0n) is 11.4. The monoisotopic (exact) mass is 236 g/mol. The summed E-state index contributed by atoms with van der Waals surface area (Å²) in [6.45, 7) is 6.15. The molecule has 3 heteroatoms. The van der Waals surface area contributed by atoms with Crippen LogP contribution in [0.5, 0.6) is 5.88 Å². The predicted molar refractivity (Wildman–Crippen MR) is 71.6 cm³/mol. The van der Waals surface area contributed by atoms with Gasteiger partial charge in [0.25, 0.3) is 0 Å². The van der Waals surface area contributed by atoms with Crippen molar-refractivity contribution in [3.63, 3.8) is 0 Å². The van der Waals surface area contributed by atoms with Gasteiger partial charge in [-0.25, -0.2) is 4.98 Å². The van der Waals surface area contributed by atoms with E-state index in [2.05, 4.69) is 37.8 Å². The number of aromatic nitrogens is 1. The second-order valence-corrected chi connectivity index (χ2v) is 4.91. The van der Waals surface area contributed by atoms with Gasteiger partial charge < -0.3 is 9.64 Å². The number of hydrogen-bond acceptors (Lipinski definition) is 3. The van der Waals surface area contributed by atoms with Crippen molar-refractivity contribution in [3.8, 4) is 5.88 Å². The number of nitrogens with zero attached hydrogens (tertiary/aromatic N) is 2. The van der Waals surface area contributed by atoms with Gasteiger partial charge in [0.05, 0.1) is 6.61 Å². The maximum Gasteiger partial charge on any atom is 0.213 e. The molecule has 1 aromatic heterocycles. The fourth-order valence-corrected chi connectivity index (χ4v) is 1.54. The first kappa shape index (κ1) is 14.0. The Kier molecular flexibility index (Phi) is 5.98. The van der Waals surface area contributed by atoms with E-state index < -0.39 is 0 Å². The second-order valence-electron chi connectivity index (χ2n) is 4.91. The van der Waals surface area contributed by atoms with E-state index in [1.807, 2.05) is 18.2 Å². The normalized spacial score (nSPS) is 11.2. The lowest BCUT2D eigenvalue weighted by molar-refractivity contribution is 0.283. The van der Waals surface area contributed by atoms with Crippen LogP contribution in [0.3, 0.4) is 0 Å². The zero-order valence-corrected chi connectivity index (χ0v) is 11.4. The summed E-state index contributed by atoms with van der Waals surface area (Å²) >= 11 is 0. The van der Waals surface area contributed by atoms with E-state index in [0.29, 0.717) is 5.92 Å². The van der Waals surface area contributed by atoms with Gasteiger partial charge in [-0.05, 0) is 45.5 Å². The van der Waals surface area contributed by atoms with Crippen molar-refractivity contribution in [1.82, 2.24) is 9.88 Å². The third-order valence-corrected chi connectivity index (χ3v) is 2.59. The first-order valence-corrected chi connectivity index (χ1v) is 6.34. The molecule has 0 aliphatic rings. The topological polar surface area (TPSA) is 25.4 Å². The first-order valence-electron chi connectivity index (χ1n) is 6.34. The Morgan fingerprint density at radius 3 is 2.65 bits per heavy atom. The van der Waals surface area contributed by atoms with E-state index in [4.69, 9.17) is 4.74 Å². The maximum atomic E-state index is 5.65. The lowest BCUT2D eigenvalue weighted by Gasteiger charge is -2.10. The average molecular weight is 236 g/mol. The number of unbranched alkanes of at least 4 members (excludes halogenated alkanes) is 1. The molecule has 1 rings (SSSR count). The minimum atomic E-state index is 0.451. The Morgan fingerprint density at radius 1 is 1.24 bits per heavy atom. The lowest BCUT2D eigenvalue weighted by Crippen LogP contribution is -2.13. The van der Waals surface area contributed by atoms with Crippen molar-refractivity contribution in [1.29, 1.82) is 0 Å². The van der Waals surface area contributed by atoms with Crippen LogP contribution in [0, 0.1) is 0 Å². The Bertz CT molecular complexity index is 324. The lowest BCUT2D eigenvalue weighted by atomic mass is 10.1. The molecule has 96 valence electrons. The van der Waals surface area contributed by atoms with E-state index in [1.54, 1.807) is 0 Å². The summed E-state index contributed by atoms with van der Waals surface area (Å²) < 4.78 is 5.65.